The Morgan fingerprint density at radius 3 is 2.63 bits per heavy atom. The molecule has 2 aromatic heterocycles. The van der Waals surface area contributed by atoms with E-state index in [0.29, 0.717) is 23.6 Å². The lowest BCUT2D eigenvalue weighted by Gasteiger charge is -2.31. The molecule has 2 aromatic rings. The van der Waals surface area contributed by atoms with Gasteiger partial charge in [-0.2, -0.15) is 4.98 Å². The summed E-state index contributed by atoms with van der Waals surface area (Å²) >= 11 is 1.66. The molecule has 2 fully saturated rings. The van der Waals surface area contributed by atoms with Crippen molar-refractivity contribution in [1.29, 1.82) is 0 Å². The molecule has 0 aromatic carbocycles. The third kappa shape index (κ3) is 4.65. The van der Waals surface area contributed by atoms with Crippen LogP contribution in [0.15, 0.2) is 9.68 Å². The number of piperidine rings is 1. The molecule has 7 nitrogen and oxygen atoms in total. The van der Waals surface area contributed by atoms with Crippen LogP contribution in [0.4, 0.5) is 5.95 Å². The topological polar surface area (TPSA) is 72.9 Å². The summed E-state index contributed by atoms with van der Waals surface area (Å²) in [6.45, 7) is 8.92. The van der Waals surface area contributed by atoms with Crippen LogP contribution >= 0.6 is 11.8 Å². The van der Waals surface area contributed by atoms with Gasteiger partial charge in [-0.05, 0) is 43.9 Å². The number of hydrogen-bond donors (Lipinski definition) is 0. The molecule has 4 rings (SSSR count). The van der Waals surface area contributed by atoms with Crippen molar-refractivity contribution in [2.45, 2.75) is 76.2 Å². The lowest BCUT2D eigenvalue weighted by molar-refractivity contribution is 0.383. The standard InChI is InChI=1S/C19H30N6OS/c1-13(2)4-7-16-20-17(26-23-16)12-27-19-22-21-18(25(19)15-5-6-15)24-10-8-14(3)9-11-24/h13-15H,4-12H2,1-3H3. The predicted molar refractivity (Wildman–Crippen MR) is 106 cm³/mol. The van der Waals surface area contributed by atoms with Gasteiger partial charge in [0.2, 0.25) is 11.8 Å². The quantitative estimate of drug-likeness (QED) is 0.628. The van der Waals surface area contributed by atoms with Crippen LogP contribution in [0.5, 0.6) is 0 Å². The van der Waals surface area contributed by atoms with E-state index in [-0.39, 0.29) is 0 Å². The maximum absolute atomic E-state index is 5.42. The summed E-state index contributed by atoms with van der Waals surface area (Å²) in [4.78, 5) is 6.93. The molecular weight excluding hydrogens is 360 g/mol. The highest BCUT2D eigenvalue weighted by molar-refractivity contribution is 7.98. The fraction of sp³-hybridized carbons (Fsp3) is 0.789. The van der Waals surface area contributed by atoms with Crippen molar-refractivity contribution < 1.29 is 4.52 Å². The molecule has 27 heavy (non-hydrogen) atoms. The summed E-state index contributed by atoms with van der Waals surface area (Å²) in [5.74, 6) is 4.65. The van der Waals surface area contributed by atoms with E-state index in [0.717, 1.165) is 48.8 Å². The number of aryl methyl sites for hydroxylation is 1. The zero-order chi connectivity index (χ0) is 18.8. The number of rotatable bonds is 8. The molecule has 0 amide bonds. The normalized spacial score (nSPS) is 18.6. The van der Waals surface area contributed by atoms with Crippen molar-refractivity contribution in [2.75, 3.05) is 18.0 Å². The van der Waals surface area contributed by atoms with Gasteiger partial charge in [0.15, 0.2) is 11.0 Å². The highest BCUT2D eigenvalue weighted by atomic mass is 32.2. The Morgan fingerprint density at radius 2 is 1.93 bits per heavy atom. The lowest BCUT2D eigenvalue weighted by atomic mass is 10.00. The van der Waals surface area contributed by atoms with E-state index in [2.05, 4.69) is 50.6 Å². The summed E-state index contributed by atoms with van der Waals surface area (Å²) in [5.41, 5.74) is 0. The number of aromatic nitrogens is 5. The Labute approximate surface area is 165 Å². The average molecular weight is 391 g/mol. The molecule has 0 unspecified atom stereocenters. The van der Waals surface area contributed by atoms with Gasteiger partial charge in [-0.3, -0.25) is 4.57 Å². The summed E-state index contributed by atoms with van der Waals surface area (Å²) in [6, 6.07) is 0.557. The van der Waals surface area contributed by atoms with Gasteiger partial charge in [0.1, 0.15) is 0 Å². The van der Waals surface area contributed by atoms with Crippen LogP contribution in [0.1, 0.15) is 70.6 Å². The van der Waals surface area contributed by atoms with Crippen LogP contribution in [0.25, 0.3) is 0 Å². The fourth-order valence-corrected chi connectivity index (χ4v) is 4.28. The number of hydrogen-bond acceptors (Lipinski definition) is 7. The molecular formula is C19H30N6OS. The minimum Gasteiger partial charge on any atom is -0.341 e. The second kappa shape index (κ2) is 8.20. The second-order valence-electron chi connectivity index (χ2n) is 8.38. The molecule has 8 heteroatoms. The molecule has 0 bridgehead atoms. The molecule has 1 aliphatic carbocycles. The van der Waals surface area contributed by atoms with E-state index in [1.165, 1.54) is 25.7 Å². The zero-order valence-electron chi connectivity index (χ0n) is 16.6. The Balaban J connectivity index is 1.40. The Morgan fingerprint density at radius 1 is 1.15 bits per heavy atom. The SMILES string of the molecule is CC(C)CCc1noc(CSc2nnc(N3CCC(C)CC3)n2C2CC2)n1. The van der Waals surface area contributed by atoms with E-state index >= 15 is 0 Å². The predicted octanol–water partition coefficient (Wildman–Crippen LogP) is 4.11. The van der Waals surface area contributed by atoms with Gasteiger partial charge in [-0.15, -0.1) is 10.2 Å². The number of anilines is 1. The Bertz CT molecular complexity index is 745. The molecule has 1 saturated heterocycles. The van der Waals surface area contributed by atoms with Gasteiger partial charge in [0, 0.05) is 25.6 Å². The third-order valence-corrected chi connectivity index (χ3v) is 6.33. The first-order valence-electron chi connectivity index (χ1n) is 10.2. The lowest BCUT2D eigenvalue weighted by Crippen LogP contribution is -2.34. The molecule has 3 heterocycles. The maximum atomic E-state index is 5.42. The van der Waals surface area contributed by atoms with Crippen LogP contribution in [0.3, 0.4) is 0 Å². The van der Waals surface area contributed by atoms with E-state index in [9.17, 15) is 0 Å². The van der Waals surface area contributed by atoms with E-state index in [1.807, 2.05) is 0 Å². The van der Waals surface area contributed by atoms with Crippen LogP contribution in [0.2, 0.25) is 0 Å². The van der Waals surface area contributed by atoms with Crippen LogP contribution in [0, 0.1) is 11.8 Å². The van der Waals surface area contributed by atoms with Crippen molar-refractivity contribution in [3.63, 3.8) is 0 Å². The first kappa shape index (κ1) is 18.8. The Hall–Kier alpha value is -1.57. The second-order valence-corrected chi connectivity index (χ2v) is 9.32. The van der Waals surface area contributed by atoms with Gasteiger partial charge < -0.3 is 9.42 Å². The minimum absolute atomic E-state index is 0.557. The molecule has 1 aliphatic heterocycles. The maximum Gasteiger partial charge on any atom is 0.237 e. The summed E-state index contributed by atoms with van der Waals surface area (Å²) in [6.07, 6.45) is 6.88. The van der Waals surface area contributed by atoms with E-state index in [1.54, 1.807) is 11.8 Å². The van der Waals surface area contributed by atoms with Gasteiger partial charge in [-0.1, -0.05) is 37.7 Å². The molecule has 1 saturated carbocycles. The van der Waals surface area contributed by atoms with Crippen molar-refractivity contribution in [3.8, 4) is 0 Å². The molecule has 148 valence electrons. The van der Waals surface area contributed by atoms with Crippen LogP contribution in [-0.2, 0) is 12.2 Å². The zero-order valence-corrected chi connectivity index (χ0v) is 17.4. The van der Waals surface area contributed by atoms with Crippen molar-refractivity contribution in [3.05, 3.63) is 11.7 Å². The number of thioether (sulfide) groups is 1. The van der Waals surface area contributed by atoms with Crippen molar-refractivity contribution in [2.24, 2.45) is 11.8 Å². The van der Waals surface area contributed by atoms with E-state index < -0.39 is 0 Å². The van der Waals surface area contributed by atoms with Gasteiger partial charge in [0.25, 0.3) is 0 Å². The fourth-order valence-electron chi connectivity index (χ4n) is 3.44. The third-order valence-electron chi connectivity index (χ3n) is 5.41. The Kier molecular flexibility index (Phi) is 5.71. The molecule has 0 N–H and O–H groups in total. The summed E-state index contributed by atoms with van der Waals surface area (Å²) in [5, 5.41) is 14.1. The highest BCUT2D eigenvalue weighted by Gasteiger charge is 2.32. The minimum atomic E-state index is 0.557. The monoisotopic (exact) mass is 390 g/mol. The van der Waals surface area contributed by atoms with Crippen LogP contribution < -0.4 is 4.90 Å². The first-order chi connectivity index (χ1) is 13.1. The smallest absolute Gasteiger partial charge is 0.237 e. The van der Waals surface area contributed by atoms with Crippen LogP contribution in [-0.4, -0.2) is 38.0 Å². The van der Waals surface area contributed by atoms with E-state index in [4.69, 9.17) is 4.52 Å². The van der Waals surface area contributed by atoms with Gasteiger partial charge in [-0.25, -0.2) is 0 Å². The van der Waals surface area contributed by atoms with Gasteiger partial charge in [0.05, 0.1) is 5.75 Å². The summed E-state index contributed by atoms with van der Waals surface area (Å²) < 4.78 is 7.76. The average Bonchev–Trinajstić information content (AvgIpc) is 3.24. The van der Waals surface area contributed by atoms with Crippen molar-refractivity contribution >= 4 is 17.7 Å². The van der Waals surface area contributed by atoms with Gasteiger partial charge >= 0.3 is 0 Å². The molecule has 0 spiro atoms. The largest absolute Gasteiger partial charge is 0.341 e. The molecule has 0 radical (unpaired) electrons. The van der Waals surface area contributed by atoms with Crippen molar-refractivity contribution in [1.82, 2.24) is 24.9 Å². The number of nitrogens with zero attached hydrogens (tertiary/aromatic N) is 6. The molecule has 0 atom stereocenters. The highest BCUT2D eigenvalue weighted by Crippen LogP contribution is 2.41. The first-order valence-corrected chi connectivity index (χ1v) is 11.2. The molecule has 2 aliphatic rings. The summed E-state index contributed by atoms with van der Waals surface area (Å²) in [7, 11) is 0.